The molecule has 0 spiro atoms. The summed E-state index contributed by atoms with van der Waals surface area (Å²) in [5.74, 6) is 0.994. The lowest BCUT2D eigenvalue weighted by atomic mass is 9.85. The summed E-state index contributed by atoms with van der Waals surface area (Å²) in [4.78, 5) is 18.3. The molecule has 0 radical (unpaired) electrons. The summed E-state index contributed by atoms with van der Waals surface area (Å²) in [7, 11) is 3.54. The van der Waals surface area contributed by atoms with Gasteiger partial charge in [0.25, 0.3) is 0 Å². The second kappa shape index (κ2) is 8.15. The Kier molecular flexibility index (Phi) is 6.18. The second-order valence-electron chi connectivity index (χ2n) is 7.38. The van der Waals surface area contributed by atoms with Crippen molar-refractivity contribution in [3.63, 3.8) is 0 Å². The van der Waals surface area contributed by atoms with Crippen LogP contribution in [0.25, 0.3) is 0 Å². The molecule has 0 aliphatic heterocycles. The smallest absolute Gasteiger partial charge is 0.226 e. The predicted molar refractivity (Wildman–Crippen MR) is 101 cm³/mol. The van der Waals surface area contributed by atoms with Crippen LogP contribution in [0.2, 0.25) is 0 Å². The molecule has 134 valence electrons. The molecule has 1 amide bonds. The Morgan fingerprint density at radius 2 is 1.80 bits per heavy atom. The average Bonchev–Trinajstić information content (AvgIpc) is 2.59. The van der Waals surface area contributed by atoms with Crippen LogP contribution in [0.3, 0.4) is 0 Å². The monoisotopic (exact) mass is 340 g/mol. The van der Waals surface area contributed by atoms with Crippen molar-refractivity contribution in [3.8, 4) is 5.75 Å². The van der Waals surface area contributed by atoms with Crippen molar-refractivity contribution >= 4 is 5.91 Å². The molecule has 2 rings (SSSR count). The fraction of sp³-hybridized carbons (Fsp3) is 0.429. The van der Waals surface area contributed by atoms with Crippen molar-refractivity contribution in [2.24, 2.45) is 0 Å². The lowest BCUT2D eigenvalue weighted by molar-refractivity contribution is -0.129. The standard InChI is InChI=1S/C21H28N2O2/c1-21(2,3)18-14-17(6-7-19(18)25-5)15-20(24)23(4)13-10-16-8-11-22-12-9-16/h6-9,11-12,14H,10,13,15H2,1-5H3. The molecule has 4 heteroatoms. The van der Waals surface area contributed by atoms with Gasteiger partial charge in [-0.15, -0.1) is 0 Å². The summed E-state index contributed by atoms with van der Waals surface area (Å²) in [6, 6.07) is 9.99. The summed E-state index contributed by atoms with van der Waals surface area (Å²) < 4.78 is 5.47. The number of hydrogen-bond donors (Lipinski definition) is 0. The van der Waals surface area contributed by atoms with Gasteiger partial charge in [0.05, 0.1) is 13.5 Å². The summed E-state index contributed by atoms with van der Waals surface area (Å²) in [6.45, 7) is 7.15. The molecule has 25 heavy (non-hydrogen) atoms. The van der Waals surface area contributed by atoms with E-state index in [0.29, 0.717) is 13.0 Å². The van der Waals surface area contributed by atoms with Gasteiger partial charge in [-0.3, -0.25) is 9.78 Å². The van der Waals surface area contributed by atoms with E-state index in [2.05, 4.69) is 31.8 Å². The Bertz CT molecular complexity index is 706. The van der Waals surface area contributed by atoms with Gasteiger partial charge >= 0.3 is 0 Å². The van der Waals surface area contributed by atoms with Crippen LogP contribution in [-0.2, 0) is 23.1 Å². The molecule has 1 heterocycles. The van der Waals surface area contributed by atoms with Crippen molar-refractivity contribution in [2.45, 2.75) is 39.0 Å². The van der Waals surface area contributed by atoms with Crippen LogP contribution >= 0.6 is 0 Å². The van der Waals surface area contributed by atoms with Crippen LogP contribution in [0.5, 0.6) is 5.75 Å². The summed E-state index contributed by atoms with van der Waals surface area (Å²) in [5.41, 5.74) is 3.30. The third-order valence-corrected chi connectivity index (χ3v) is 4.34. The zero-order valence-corrected chi connectivity index (χ0v) is 15.9. The molecule has 2 aromatic rings. The number of rotatable bonds is 6. The maximum Gasteiger partial charge on any atom is 0.226 e. The predicted octanol–water partition coefficient (Wildman–Crippen LogP) is 3.63. The van der Waals surface area contributed by atoms with Gasteiger partial charge in [0, 0.05) is 26.0 Å². The maximum atomic E-state index is 12.5. The molecule has 1 aromatic carbocycles. The van der Waals surface area contributed by atoms with Gasteiger partial charge in [0.15, 0.2) is 0 Å². The minimum atomic E-state index is -0.0301. The van der Waals surface area contributed by atoms with E-state index < -0.39 is 0 Å². The van der Waals surface area contributed by atoms with Crippen LogP contribution in [0.1, 0.15) is 37.5 Å². The van der Waals surface area contributed by atoms with Crippen LogP contribution in [-0.4, -0.2) is 36.5 Å². The van der Waals surface area contributed by atoms with Crippen LogP contribution in [0.4, 0.5) is 0 Å². The highest BCUT2D eigenvalue weighted by molar-refractivity contribution is 5.78. The Hall–Kier alpha value is -2.36. The molecule has 0 bridgehead atoms. The van der Waals surface area contributed by atoms with E-state index >= 15 is 0 Å². The third kappa shape index (κ3) is 5.31. The zero-order valence-electron chi connectivity index (χ0n) is 15.9. The lowest BCUT2D eigenvalue weighted by Gasteiger charge is -2.23. The van der Waals surface area contributed by atoms with Gasteiger partial charge in [-0.2, -0.15) is 0 Å². The number of likely N-dealkylation sites (N-methyl/N-ethyl adjacent to an activating group) is 1. The molecule has 0 atom stereocenters. The third-order valence-electron chi connectivity index (χ3n) is 4.34. The minimum absolute atomic E-state index is 0.0301. The molecule has 0 aliphatic rings. The number of hydrogen-bond acceptors (Lipinski definition) is 3. The summed E-state index contributed by atoms with van der Waals surface area (Å²) >= 11 is 0. The lowest BCUT2D eigenvalue weighted by Crippen LogP contribution is -2.30. The SMILES string of the molecule is COc1ccc(CC(=O)N(C)CCc2ccncc2)cc1C(C)(C)C. The highest BCUT2D eigenvalue weighted by atomic mass is 16.5. The molecule has 1 aromatic heterocycles. The number of nitrogens with zero attached hydrogens (tertiary/aromatic N) is 2. The summed E-state index contributed by atoms with van der Waals surface area (Å²) in [5, 5.41) is 0. The first-order valence-electron chi connectivity index (χ1n) is 8.61. The average molecular weight is 340 g/mol. The van der Waals surface area contributed by atoms with Gasteiger partial charge < -0.3 is 9.64 Å². The van der Waals surface area contributed by atoms with Crippen molar-refractivity contribution in [1.29, 1.82) is 0 Å². The van der Waals surface area contributed by atoms with Crippen LogP contribution < -0.4 is 4.74 Å². The zero-order chi connectivity index (χ0) is 18.4. The number of methoxy groups -OCH3 is 1. The molecule has 0 fully saturated rings. The number of amides is 1. The quantitative estimate of drug-likeness (QED) is 0.806. The van der Waals surface area contributed by atoms with Crippen molar-refractivity contribution in [2.75, 3.05) is 20.7 Å². The highest BCUT2D eigenvalue weighted by Gasteiger charge is 2.20. The first-order valence-corrected chi connectivity index (χ1v) is 8.61. The fourth-order valence-electron chi connectivity index (χ4n) is 2.73. The van der Waals surface area contributed by atoms with Crippen LogP contribution in [0.15, 0.2) is 42.7 Å². The largest absolute Gasteiger partial charge is 0.496 e. The molecule has 0 N–H and O–H groups in total. The van der Waals surface area contributed by atoms with Gasteiger partial charge in [-0.1, -0.05) is 32.9 Å². The van der Waals surface area contributed by atoms with E-state index in [0.717, 1.165) is 23.3 Å². The number of pyridine rings is 1. The maximum absolute atomic E-state index is 12.5. The Morgan fingerprint density at radius 1 is 1.12 bits per heavy atom. The van der Waals surface area contributed by atoms with E-state index in [1.54, 1.807) is 24.4 Å². The highest BCUT2D eigenvalue weighted by Crippen LogP contribution is 2.32. The van der Waals surface area contributed by atoms with E-state index in [-0.39, 0.29) is 11.3 Å². The van der Waals surface area contributed by atoms with Crippen molar-refractivity contribution in [3.05, 3.63) is 59.4 Å². The van der Waals surface area contributed by atoms with E-state index in [9.17, 15) is 4.79 Å². The number of ether oxygens (including phenoxy) is 1. The molecular formula is C21H28N2O2. The fourth-order valence-corrected chi connectivity index (χ4v) is 2.73. The molecular weight excluding hydrogens is 312 g/mol. The number of carbonyl (C=O) groups excluding carboxylic acids is 1. The molecule has 0 aliphatic carbocycles. The Labute approximate surface area is 150 Å². The van der Waals surface area contributed by atoms with Gasteiger partial charge in [-0.25, -0.2) is 0 Å². The van der Waals surface area contributed by atoms with E-state index in [1.807, 2.05) is 31.3 Å². The second-order valence-corrected chi connectivity index (χ2v) is 7.38. The molecule has 0 unspecified atom stereocenters. The topological polar surface area (TPSA) is 42.4 Å². The Morgan fingerprint density at radius 3 is 2.40 bits per heavy atom. The molecule has 0 saturated heterocycles. The van der Waals surface area contributed by atoms with Crippen molar-refractivity contribution < 1.29 is 9.53 Å². The number of carbonyl (C=O) groups is 1. The molecule has 0 saturated carbocycles. The van der Waals surface area contributed by atoms with Crippen molar-refractivity contribution in [1.82, 2.24) is 9.88 Å². The van der Waals surface area contributed by atoms with Gasteiger partial charge in [0.1, 0.15) is 5.75 Å². The number of aromatic nitrogens is 1. The number of benzene rings is 1. The first kappa shape index (κ1) is 19.0. The molecule has 4 nitrogen and oxygen atoms in total. The normalized spacial score (nSPS) is 11.2. The van der Waals surface area contributed by atoms with Crippen LogP contribution in [0, 0.1) is 0 Å². The summed E-state index contributed by atoms with van der Waals surface area (Å²) in [6.07, 6.45) is 4.80. The van der Waals surface area contributed by atoms with E-state index in [4.69, 9.17) is 4.74 Å². The van der Waals surface area contributed by atoms with Gasteiger partial charge in [0.2, 0.25) is 5.91 Å². The van der Waals surface area contributed by atoms with Gasteiger partial charge in [-0.05, 0) is 46.7 Å². The van der Waals surface area contributed by atoms with E-state index in [1.165, 1.54) is 5.56 Å². The first-order chi connectivity index (χ1) is 11.8. The Balaban J connectivity index is 2.02. The minimum Gasteiger partial charge on any atom is -0.496 e.